The molecule has 0 spiro atoms. The first-order chi connectivity index (χ1) is 9.10. The lowest BCUT2D eigenvalue weighted by atomic mass is 10.0. The topological polar surface area (TPSA) is 66.4 Å². The zero-order valence-corrected chi connectivity index (χ0v) is 11.0. The highest BCUT2D eigenvalue weighted by Crippen LogP contribution is 2.25. The Morgan fingerprint density at radius 2 is 1.85 bits per heavy atom. The van der Waals surface area contributed by atoms with Crippen LogP contribution in [-0.2, 0) is 4.79 Å². The third-order valence-corrected chi connectivity index (χ3v) is 2.61. The highest BCUT2D eigenvalue weighted by atomic mass is 19.4. The second-order valence-electron chi connectivity index (χ2n) is 4.47. The number of rotatable bonds is 4. The number of benzene rings is 1. The van der Waals surface area contributed by atoms with E-state index in [9.17, 15) is 22.8 Å². The van der Waals surface area contributed by atoms with Crippen LogP contribution in [0.4, 0.5) is 18.9 Å². The van der Waals surface area contributed by atoms with Gasteiger partial charge in [-0.1, -0.05) is 6.07 Å². The molecule has 0 radical (unpaired) electrons. The number of hydrogen-bond donors (Lipinski definition) is 2. The predicted octanol–water partition coefficient (Wildman–Crippen LogP) is 3.28. The first-order valence-electron chi connectivity index (χ1n) is 5.81. The van der Waals surface area contributed by atoms with Crippen LogP contribution in [0.1, 0.15) is 34.3 Å². The third kappa shape index (κ3) is 4.56. The minimum atomic E-state index is -4.42. The fraction of sp³-hybridized carbons (Fsp3) is 0.385. The zero-order valence-electron chi connectivity index (χ0n) is 11.0. The number of alkyl halides is 3. The van der Waals surface area contributed by atoms with Gasteiger partial charge in [0.25, 0.3) is 0 Å². The molecule has 7 heteroatoms. The van der Waals surface area contributed by atoms with Gasteiger partial charge in [0.05, 0.1) is 17.7 Å². The first kappa shape index (κ1) is 16.0. The molecule has 20 heavy (non-hydrogen) atoms. The van der Waals surface area contributed by atoms with E-state index in [4.69, 9.17) is 5.11 Å². The number of anilines is 1. The molecule has 0 unspecified atom stereocenters. The molecule has 0 fully saturated rings. The van der Waals surface area contributed by atoms with E-state index in [2.05, 4.69) is 5.32 Å². The Labute approximate surface area is 113 Å². The normalized spacial score (nSPS) is 11.2. The third-order valence-electron chi connectivity index (χ3n) is 2.61. The minimum absolute atomic E-state index is 0.0373. The van der Waals surface area contributed by atoms with Gasteiger partial charge in [-0.2, -0.15) is 13.2 Å². The quantitative estimate of drug-likeness (QED) is 0.893. The SMILES string of the molecule is Cc1cc(C)c(NC(=O)CCC(F)(F)F)c(C(=O)O)c1. The molecular formula is C13H14F3NO3. The maximum atomic E-state index is 12.0. The average Bonchev–Trinajstić information content (AvgIpc) is 2.28. The van der Waals surface area contributed by atoms with E-state index >= 15 is 0 Å². The van der Waals surface area contributed by atoms with Crippen LogP contribution in [-0.4, -0.2) is 23.2 Å². The Morgan fingerprint density at radius 3 is 2.35 bits per heavy atom. The van der Waals surface area contributed by atoms with Crippen molar-refractivity contribution in [2.45, 2.75) is 32.9 Å². The summed E-state index contributed by atoms with van der Waals surface area (Å²) >= 11 is 0. The van der Waals surface area contributed by atoms with Crippen molar-refractivity contribution < 1.29 is 27.9 Å². The molecule has 4 nitrogen and oxygen atoms in total. The number of carboxylic acid groups (broad SMARTS) is 1. The maximum absolute atomic E-state index is 12.0. The summed E-state index contributed by atoms with van der Waals surface area (Å²) in [7, 11) is 0. The zero-order chi connectivity index (χ0) is 15.5. The van der Waals surface area contributed by atoms with Crippen molar-refractivity contribution in [2.24, 2.45) is 0 Å². The standard InChI is InChI=1S/C13H14F3NO3/c1-7-5-8(2)11(9(6-7)12(19)20)17-10(18)3-4-13(14,15)16/h5-6H,3-4H2,1-2H3,(H,17,18)(H,19,20). The molecule has 0 aliphatic carbocycles. The molecule has 110 valence electrons. The number of nitrogens with one attached hydrogen (secondary N) is 1. The Hall–Kier alpha value is -2.05. The van der Waals surface area contributed by atoms with Crippen LogP contribution in [0.15, 0.2) is 12.1 Å². The number of hydrogen-bond acceptors (Lipinski definition) is 2. The van der Waals surface area contributed by atoms with E-state index in [0.29, 0.717) is 11.1 Å². The van der Waals surface area contributed by atoms with Gasteiger partial charge < -0.3 is 10.4 Å². The maximum Gasteiger partial charge on any atom is 0.389 e. The summed E-state index contributed by atoms with van der Waals surface area (Å²) in [4.78, 5) is 22.6. The van der Waals surface area contributed by atoms with Crippen molar-refractivity contribution >= 4 is 17.6 Å². The number of carbonyl (C=O) groups is 2. The van der Waals surface area contributed by atoms with Crippen LogP contribution in [0.5, 0.6) is 0 Å². The molecule has 0 aromatic heterocycles. The Morgan fingerprint density at radius 1 is 1.25 bits per heavy atom. The summed E-state index contributed by atoms with van der Waals surface area (Å²) in [6.45, 7) is 3.27. The molecule has 0 saturated carbocycles. The van der Waals surface area contributed by atoms with Gasteiger partial charge in [0.2, 0.25) is 5.91 Å². The first-order valence-corrected chi connectivity index (χ1v) is 5.81. The lowest BCUT2D eigenvalue weighted by Crippen LogP contribution is -2.19. The van der Waals surface area contributed by atoms with Crippen molar-refractivity contribution in [3.63, 3.8) is 0 Å². The van der Waals surface area contributed by atoms with Crippen LogP contribution < -0.4 is 5.32 Å². The fourth-order valence-electron chi connectivity index (χ4n) is 1.76. The Bertz CT molecular complexity index is 538. The summed E-state index contributed by atoms with van der Waals surface area (Å²) in [6.07, 6.45) is -6.41. The highest BCUT2D eigenvalue weighted by molar-refractivity contribution is 6.01. The van der Waals surface area contributed by atoms with E-state index in [1.54, 1.807) is 19.9 Å². The van der Waals surface area contributed by atoms with E-state index in [-0.39, 0.29) is 11.3 Å². The average molecular weight is 289 g/mol. The van der Waals surface area contributed by atoms with Gasteiger partial charge >= 0.3 is 12.1 Å². The Balaban J connectivity index is 2.92. The van der Waals surface area contributed by atoms with E-state index in [1.165, 1.54) is 6.07 Å². The molecule has 1 amide bonds. The molecule has 0 heterocycles. The van der Waals surface area contributed by atoms with Gasteiger partial charge in [0, 0.05) is 6.42 Å². The monoisotopic (exact) mass is 289 g/mol. The van der Waals surface area contributed by atoms with Crippen LogP contribution >= 0.6 is 0 Å². The highest BCUT2D eigenvalue weighted by Gasteiger charge is 2.28. The van der Waals surface area contributed by atoms with Crippen LogP contribution in [0.25, 0.3) is 0 Å². The molecule has 2 N–H and O–H groups in total. The van der Waals surface area contributed by atoms with Gasteiger partial charge in [-0.15, -0.1) is 0 Å². The van der Waals surface area contributed by atoms with Gasteiger partial charge in [0.1, 0.15) is 0 Å². The van der Waals surface area contributed by atoms with Crippen LogP contribution in [0.2, 0.25) is 0 Å². The molecule has 1 aromatic carbocycles. The van der Waals surface area contributed by atoms with Gasteiger partial charge in [0.15, 0.2) is 0 Å². The summed E-state index contributed by atoms with van der Waals surface area (Å²) < 4.78 is 36.1. The smallest absolute Gasteiger partial charge is 0.389 e. The van der Waals surface area contributed by atoms with E-state index in [1.807, 2.05) is 0 Å². The van der Waals surface area contributed by atoms with Crippen molar-refractivity contribution in [1.29, 1.82) is 0 Å². The lowest BCUT2D eigenvalue weighted by molar-refractivity contribution is -0.142. The Kier molecular flexibility index (Phi) is 4.75. The van der Waals surface area contributed by atoms with E-state index < -0.39 is 30.9 Å². The molecule has 0 aliphatic rings. The number of halogens is 3. The molecule has 0 aliphatic heterocycles. The van der Waals surface area contributed by atoms with Crippen LogP contribution in [0, 0.1) is 13.8 Å². The summed E-state index contributed by atoms with van der Waals surface area (Å²) in [5.41, 5.74) is 1.08. The fourth-order valence-corrected chi connectivity index (χ4v) is 1.76. The van der Waals surface area contributed by atoms with Crippen molar-refractivity contribution in [3.05, 3.63) is 28.8 Å². The molecule has 1 rings (SSSR count). The number of amides is 1. The largest absolute Gasteiger partial charge is 0.478 e. The molecule has 0 saturated heterocycles. The number of aryl methyl sites for hydroxylation is 2. The van der Waals surface area contributed by atoms with Gasteiger partial charge in [-0.25, -0.2) is 4.79 Å². The lowest BCUT2D eigenvalue weighted by Gasteiger charge is -2.13. The minimum Gasteiger partial charge on any atom is -0.478 e. The molecule has 0 atom stereocenters. The van der Waals surface area contributed by atoms with Crippen LogP contribution in [0.3, 0.4) is 0 Å². The van der Waals surface area contributed by atoms with Crippen molar-refractivity contribution in [3.8, 4) is 0 Å². The summed E-state index contributed by atoms with van der Waals surface area (Å²) in [6, 6.07) is 3.00. The van der Waals surface area contributed by atoms with Crippen molar-refractivity contribution in [1.82, 2.24) is 0 Å². The van der Waals surface area contributed by atoms with Crippen molar-refractivity contribution in [2.75, 3.05) is 5.32 Å². The van der Waals surface area contributed by atoms with Gasteiger partial charge in [-0.05, 0) is 31.0 Å². The second kappa shape index (κ2) is 5.94. The predicted molar refractivity (Wildman–Crippen MR) is 66.8 cm³/mol. The second-order valence-corrected chi connectivity index (χ2v) is 4.47. The number of carbonyl (C=O) groups excluding carboxylic acids is 1. The number of aromatic carboxylic acids is 1. The molecule has 0 bridgehead atoms. The van der Waals surface area contributed by atoms with Gasteiger partial charge in [-0.3, -0.25) is 4.79 Å². The number of carboxylic acids is 1. The summed E-state index contributed by atoms with van der Waals surface area (Å²) in [5, 5.41) is 11.3. The molecular weight excluding hydrogens is 275 g/mol. The molecule has 1 aromatic rings. The summed E-state index contributed by atoms with van der Waals surface area (Å²) in [5.74, 6) is -2.11. The van der Waals surface area contributed by atoms with E-state index in [0.717, 1.165) is 0 Å².